The number of benzene rings is 1. The van der Waals surface area contributed by atoms with Crippen LogP contribution < -0.4 is 0 Å². The Bertz CT molecular complexity index is 773. The van der Waals surface area contributed by atoms with E-state index in [1.807, 2.05) is 0 Å². The van der Waals surface area contributed by atoms with Gasteiger partial charge in [0.25, 0.3) is 6.43 Å². The Morgan fingerprint density at radius 1 is 1.04 bits per heavy atom. The number of nitrogens with zero attached hydrogens (tertiary/aromatic N) is 1. The zero-order valence-corrected chi connectivity index (χ0v) is 11.9. The van der Waals surface area contributed by atoms with Crippen molar-refractivity contribution in [1.82, 2.24) is 5.16 Å². The van der Waals surface area contributed by atoms with Crippen molar-refractivity contribution in [2.75, 3.05) is 0 Å². The number of rotatable bonds is 4. The van der Waals surface area contributed by atoms with E-state index in [-0.39, 0.29) is 12.1 Å². The summed E-state index contributed by atoms with van der Waals surface area (Å²) in [6, 6.07) is 0.680. The molecule has 0 aliphatic rings. The summed E-state index contributed by atoms with van der Waals surface area (Å²) in [5, 5.41) is 2.93. The Balaban J connectivity index is 2.51. The van der Waals surface area contributed by atoms with E-state index < -0.39 is 62.5 Å². The van der Waals surface area contributed by atoms with Gasteiger partial charge in [-0.2, -0.15) is 13.2 Å². The largest absolute Gasteiger partial charge is 0.452 e. The lowest BCUT2D eigenvalue weighted by Crippen LogP contribution is -2.19. The molecule has 1 aromatic heterocycles. The van der Waals surface area contributed by atoms with Crippen molar-refractivity contribution in [3.63, 3.8) is 0 Å². The average Bonchev–Trinajstić information content (AvgIpc) is 2.95. The molecule has 2 atom stereocenters. The fourth-order valence-electron chi connectivity index (χ4n) is 1.63. The van der Waals surface area contributed by atoms with Gasteiger partial charge in [0, 0.05) is 17.7 Å². The van der Waals surface area contributed by atoms with Crippen LogP contribution in [0, 0.1) is 11.6 Å². The molecule has 0 bridgehead atoms. The van der Waals surface area contributed by atoms with Crippen molar-refractivity contribution >= 4 is 10.8 Å². The highest BCUT2D eigenvalue weighted by molar-refractivity contribution is 7.85. The molecule has 24 heavy (non-hydrogen) atoms. The highest BCUT2D eigenvalue weighted by Crippen LogP contribution is 2.34. The molecule has 2 rings (SSSR count). The predicted octanol–water partition coefficient (Wildman–Crippen LogP) is 4.31. The van der Waals surface area contributed by atoms with Gasteiger partial charge in [0.1, 0.15) is 17.3 Å². The van der Waals surface area contributed by atoms with Crippen LogP contribution in [-0.2, 0) is 17.0 Å². The van der Waals surface area contributed by atoms with Gasteiger partial charge in [0.05, 0.1) is 15.7 Å². The number of halogens is 8. The van der Waals surface area contributed by atoms with Gasteiger partial charge >= 0.3 is 6.18 Å². The molecule has 0 saturated carbocycles. The lowest BCUT2D eigenvalue weighted by atomic mass is 10.1. The molecular weight excluding hydrogens is 374 g/mol. The van der Waals surface area contributed by atoms with Gasteiger partial charge in [-0.15, -0.1) is 0 Å². The highest BCUT2D eigenvalue weighted by Gasteiger charge is 2.37. The van der Waals surface area contributed by atoms with Crippen LogP contribution in [0.25, 0.3) is 11.3 Å². The molecule has 1 aromatic carbocycles. The molecule has 0 aliphatic carbocycles. The second-order valence-electron chi connectivity index (χ2n) is 4.32. The third-order valence-electron chi connectivity index (χ3n) is 2.71. The summed E-state index contributed by atoms with van der Waals surface area (Å²) in [6.07, 6.45) is -8.64. The van der Waals surface area contributed by atoms with Crippen molar-refractivity contribution in [3.8, 4) is 11.3 Å². The van der Waals surface area contributed by atoms with Gasteiger partial charge in [-0.25, -0.2) is 22.0 Å². The fraction of sp³-hybridized carbons (Fsp3) is 0.250. The average molecular weight is 379 g/mol. The first-order valence-electron chi connectivity index (χ1n) is 5.88. The van der Waals surface area contributed by atoms with Gasteiger partial charge < -0.3 is 4.52 Å². The van der Waals surface area contributed by atoms with Crippen LogP contribution in [0.5, 0.6) is 0 Å². The Kier molecular flexibility index (Phi) is 4.97. The number of aromatic nitrogens is 1. The molecule has 2 aromatic rings. The minimum absolute atomic E-state index is 0.0721. The van der Waals surface area contributed by atoms with Crippen molar-refractivity contribution in [1.29, 1.82) is 0 Å². The maximum absolute atomic E-state index is 13.7. The van der Waals surface area contributed by atoms with E-state index >= 15 is 0 Å². The van der Waals surface area contributed by atoms with Crippen LogP contribution in [0.4, 0.5) is 35.1 Å². The van der Waals surface area contributed by atoms with E-state index in [0.717, 1.165) is 0 Å². The van der Waals surface area contributed by atoms with Crippen LogP contribution in [0.15, 0.2) is 27.6 Å². The normalized spacial score (nSPS) is 14.9. The van der Waals surface area contributed by atoms with Crippen molar-refractivity contribution in [3.05, 3.63) is 35.6 Å². The summed E-state index contributed by atoms with van der Waals surface area (Å²) in [5.41, 5.74) is -4.84. The Labute approximate surface area is 130 Å². The maximum Gasteiger partial charge on any atom is 0.452 e. The third kappa shape index (κ3) is 3.57. The van der Waals surface area contributed by atoms with Crippen LogP contribution in [0.3, 0.4) is 0 Å². The summed E-state index contributed by atoms with van der Waals surface area (Å²) in [6.45, 7) is 0. The minimum Gasteiger partial charge on any atom is -0.351 e. The molecule has 0 aliphatic heterocycles. The van der Waals surface area contributed by atoms with Gasteiger partial charge in [-0.05, 0) is 6.07 Å². The Morgan fingerprint density at radius 3 is 2.17 bits per heavy atom. The molecule has 0 radical (unpaired) electrons. The maximum atomic E-state index is 13.7. The lowest BCUT2D eigenvalue weighted by Gasteiger charge is -2.09. The second-order valence-corrected chi connectivity index (χ2v) is 5.80. The summed E-state index contributed by atoms with van der Waals surface area (Å²) < 4.78 is 117. The van der Waals surface area contributed by atoms with Gasteiger partial charge in [-0.1, -0.05) is 5.16 Å². The van der Waals surface area contributed by atoms with Crippen LogP contribution >= 0.6 is 0 Å². The summed E-state index contributed by atoms with van der Waals surface area (Å²) in [5.74, 6) is -4.63. The van der Waals surface area contributed by atoms with E-state index in [9.17, 15) is 39.3 Å². The Hall–Kier alpha value is -1.98. The molecular formula is C12H5F8NO2S. The number of hydrogen-bond donors (Lipinski definition) is 0. The van der Waals surface area contributed by atoms with Crippen molar-refractivity contribution < 1.29 is 43.9 Å². The van der Waals surface area contributed by atoms with Crippen molar-refractivity contribution in [2.24, 2.45) is 0 Å². The zero-order valence-electron chi connectivity index (χ0n) is 11.1. The van der Waals surface area contributed by atoms with E-state index in [0.29, 0.717) is 6.07 Å². The SMILES string of the molecule is O=S(c1cc(-c2cc(C(F)(F)F)on2)c(F)cc1F)C(F)C(F)F. The summed E-state index contributed by atoms with van der Waals surface area (Å²) in [4.78, 5) is -1.14. The first-order valence-corrected chi connectivity index (χ1v) is 7.09. The molecule has 1 heterocycles. The van der Waals surface area contributed by atoms with Crippen LogP contribution in [-0.4, -0.2) is 21.3 Å². The topological polar surface area (TPSA) is 43.1 Å². The van der Waals surface area contributed by atoms with Crippen LogP contribution in [0.1, 0.15) is 5.76 Å². The van der Waals surface area contributed by atoms with E-state index in [1.54, 1.807) is 0 Å². The predicted molar refractivity (Wildman–Crippen MR) is 64.2 cm³/mol. The summed E-state index contributed by atoms with van der Waals surface area (Å²) >= 11 is 0. The van der Waals surface area contributed by atoms with E-state index in [1.165, 1.54) is 0 Å². The molecule has 0 N–H and O–H groups in total. The van der Waals surface area contributed by atoms with E-state index in [2.05, 4.69) is 9.68 Å². The molecule has 0 spiro atoms. The quantitative estimate of drug-likeness (QED) is 0.744. The molecule has 132 valence electrons. The zero-order chi connectivity index (χ0) is 18.2. The monoisotopic (exact) mass is 379 g/mol. The Morgan fingerprint density at radius 2 is 1.67 bits per heavy atom. The molecule has 0 fully saturated rings. The highest BCUT2D eigenvalue weighted by atomic mass is 32.2. The third-order valence-corrected chi connectivity index (χ3v) is 4.07. The van der Waals surface area contributed by atoms with Gasteiger partial charge in [0.2, 0.25) is 11.3 Å². The van der Waals surface area contributed by atoms with Crippen molar-refractivity contribution in [2.45, 2.75) is 23.0 Å². The van der Waals surface area contributed by atoms with Crippen LogP contribution in [0.2, 0.25) is 0 Å². The van der Waals surface area contributed by atoms with E-state index in [4.69, 9.17) is 0 Å². The standard InChI is InChI=1S/C12H5F8NO2S/c13-5-2-6(14)8(24(22)11(17)10(15)16)1-4(5)7-3-9(23-21-7)12(18,19)20/h1-3,10-11H. The first-order chi connectivity index (χ1) is 11.0. The van der Waals surface area contributed by atoms with Gasteiger partial charge in [0.15, 0.2) is 0 Å². The number of hydrogen-bond acceptors (Lipinski definition) is 3. The molecule has 2 unspecified atom stereocenters. The van der Waals surface area contributed by atoms with Gasteiger partial charge in [-0.3, -0.25) is 4.21 Å². The first kappa shape index (κ1) is 18.4. The molecule has 0 saturated heterocycles. The minimum atomic E-state index is -4.94. The smallest absolute Gasteiger partial charge is 0.351 e. The molecule has 0 amide bonds. The fourth-order valence-corrected chi connectivity index (χ4v) is 2.54. The molecule has 3 nitrogen and oxygen atoms in total. The molecule has 12 heteroatoms. The number of alkyl halides is 6. The second kappa shape index (κ2) is 6.49. The summed E-state index contributed by atoms with van der Waals surface area (Å²) in [7, 11) is -3.21. The lowest BCUT2D eigenvalue weighted by molar-refractivity contribution is -0.155.